The van der Waals surface area contributed by atoms with E-state index in [2.05, 4.69) is 260 Å². The Labute approximate surface area is 435 Å². The molecule has 1 N–H and O–H groups in total. The van der Waals surface area contributed by atoms with Gasteiger partial charge in [0, 0.05) is 34.1 Å². The highest BCUT2D eigenvalue weighted by atomic mass is 16.5. The van der Waals surface area contributed by atoms with Gasteiger partial charge < -0.3 is 19.6 Å². The molecule has 0 saturated carbocycles. The lowest BCUT2D eigenvalue weighted by molar-refractivity contribution is 0.282. The quantitative estimate of drug-likeness (QED) is 0.0923. The van der Waals surface area contributed by atoms with E-state index in [4.69, 9.17) is 4.74 Å². The summed E-state index contributed by atoms with van der Waals surface area (Å²) < 4.78 is 5.45. The van der Waals surface area contributed by atoms with Gasteiger partial charge in [0.2, 0.25) is 0 Å². The van der Waals surface area contributed by atoms with E-state index in [9.17, 15) is 5.11 Å². The Balaban J connectivity index is 0.893. The summed E-state index contributed by atoms with van der Waals surface area (Å²) in [5, 5.41) is 9.67. The number of hydrogen-bond donors (Lipinski definition) is 1. The van der Waals surface area contributed by atoms with Gasteiger partial charge in [-0.2, -0.15) is 0 Å². The maximum atomic E-state index is 9.67. The van der Waals surface area contributed by atoms with E-state index < -0.39 is 0 Å². The first-order chi connectivity index (χ1) is 36.4. The Morgan fingerprint density at radius 2 is 0.635 bits per heavy atom. The summed E-state index contributed by atoms with van der Waals surface area (Å²) in [5.74, 6) is 0.822. The highest BCUT2D eigenvalue weighted by Gasteiger charge is 2.17. The number of hydrogen-bond acceptors (Lipinski definition) is 4. The summed E-state index contributed by atoms with van der Waals surface area (Å²) >= 11 is 0. The van der Waals surface area contributed by atoms with Crippen LogP contribution in [0.25, 0.3) is 33.4 Å². The Morgan fingerprint density at radius 1 is 0.351 bits per heavy atom. The summed E-state index contributed by atoms with van der Waals surface area (Å²) in [6, 6.07) is 92.9. The molecule has 4 nitrogen and oxygen atoms in total. The maximum Gasteiger partial charge on any atom is 0.118 e. The molecule has 358 valence electrons. The minimum absolute atomic E-state index is 0.00996. The number of aliphatic hydroxyl groups is 1. The highest BCUT2D eigenvalue weighted by molar-refractivity contribution is 5.92. The minimum Gasteiger partial charge on any atom is -0.497 e. The van der Waals surface area contributed by atoms with E-state index in [0.717, 1.165) is 112 Å². The van der Waals surface area contributed by atoms with E-state index in [1.807, 2.05) is 42.5 Å². The first-order valence-electron chi connectivity index (χ1n) is 24.8. The number of ether oxygens (including phenoxy) is 1. The van der Waals surface area contributed by atoms with Gasteiger partial charge in [-0.3, -0.25) is 0 Å². The van der Waals surface area contributed by atoms with E-state index in [1.54, 1.807) is 7.11 Å². The van der Waals surface area contributed by atoms with E-state index >= 15 is 0 Å². The standard InChI is InChI=1S/C70H56N2O2/c1-51(48-69(58-16-8-4-9-17-58)60-26-24-53(50-73)25-27-60)54-28-38-64(39-29-54)71(62-20-12-6-13-21-62)66-42-32-56(33-43-66)57-34-44-67(45-35-57)72(63-22-14-7-15-23-63)65-40-30-55(31-41-65)52(2)49-70(59-18-10-5-11-19-59)61-36-46-68(74-3)47-37-61/h4-49,73H,1-2,50H2,3H3/b69-48+,70-49+. The fourth-order valence-corrected chi connectivity index (χ4v) is 9.28. The predicted molar refractivity (Wildman–Crippen MR) is 312 cm³/mol. The zero-order valence-corrected chi connectivity index (χ0v) is 41.4. The molecule has 0 unspecified atom stereocenters. The number of rotatable bonds is 17. The average molecular weight is 957 g/mol. The smallest absolute Gasteiger partial charge is 0.118 e. The van der Waals surface area contributed by atoms with E-state index in [0.29, 0.717) is 0 Å². The van der Waals surface area contributed by atoms with Gasteiger partial charge in [0.25, 0.3) is 0 Å². The average Bonchev–Trinajstić information content (AvgIpc) is 3.48. The monoisotopic (exact) mass is 956 g/mol. The third-order valence-electron chi connectivity index (χ3n) is 13.3. The van der Waals surface area contributed by atoms with Crippen LogP contribution in [0.5, 0.6) is 5.75 Å². The summed E-state index contributed by atoms with van der Waals surface area (Å²) in [5.41, 5.74) is 19.9. The SMILES string of the molecule is C=C(/C=C(\c1ccccc1)c1ccc(CO)cc1)c1ccc(N(c2ccccc2)c2ccc(-c3ccc(N(c4ccccc4)c4ccc(C(=C)/C=C(\c5ccccc5)c5ccc(OC)cc5)cc4)cc3)cc2)cc1. The molecule has 10 aromatic carbocycles. The Bertz CT molecular complexity index is 3270. The zero-order chi connectivity index (χ0) is 50.6. The third-order valence-corrected chi connectivity index (χ3v) is 13.3. The lowest BCUT2D eigenvalue weighted by atomic mass is 9.93. The number of para-hydroxylation sites is 2. The lowest BCUT2D eigenvalue weighted by Crippen LogP contribution is -2.10. The fourth-order valence-electron chi connectivity index (χ4n) is 9.28. The second-order valence-electron chi connectivity index (χ2n) is 18.0. The molecule has 4 heteroatoms. The second kappa shape index (κ2) is 22.7. The molecule has 10 aromatic rings. The summed E-state index contributed by atoms with van der Waals surface area (Å²) in [6.45, 7) is 9.07. The topological polar surface area (TPSA) is 35.9 Å². The Kier molecular flexibility index (Phi) is 14.8. The van der Waals surface area contributed by atoms with Crippen LogP contribution in [0.15, 0.2) is 292 Å². The number of benzene rings is 10. The van der Waals surface area contributed by atoms with Gasteiger partial charge in [-0.05, 0) is 169 Å². The summed E-state index contributed by atoms with van der Waals surface area (Å²) in [6.07, 6.45) is 4.32. The maximum absolute atomic E-state index is 9.67. The van der Waals surface area contributed by atoms with Crippen molar-refractivity contribution in [2.45, 2.75) is 6.61 Å². The van der Waals surface area contributed by atoms with Crippen LogP contribution >= 0.6 is 0 Å². The molecule has 0 heterocycles. The molecular formula is C70H56N2O2. The van der Waals surface area contributed by atoms with Crippen molar-refractivity contribution in [3.8, 4) is 16.9 Å². The fraction of sp³-hybridized carbons (Fsp3) is 0.0286. The molecule has 74 heavy (non-hydrogen) atoms. The zero-order valence-electron chi connectivity index (χ0n) is 41.4. The van der Waals surface area contributed by atoms with Gasteiger partial charge in [-0.15, -0.1) is 0 Å². The van der Waals surface area contributed by atoms with Gasteiger partial charge in [0.15, 0.2) is 0 Å². The molecule has 0 atom stereocenters. The first-order valence-corrected chi connectivity index (χ1v) is 24.8. The molecule has 0 fully saturated rings. The molecule has 0 amide bonds. The van der Waals surface area contributed by atoms with Crippen LogP contribution in [0.4, 0.5) is 34.1 Å². The lowest BCUT2D eigenvalue weighted by Gasteiger charge is -2.26. The van der Waals surface area contributed by atoms with Crippen molar-refractivity contribution in [1.82, 2.24) is 0 Å². The second-order valence-corrected chi connectivity index (χ2v) is 18.0. The summed E-state index contributed by atoms with van der Waals surface area (Å²) in [4.78, 5) is 4.57. The molecule has 0 saturated heterocycles. The van der Waals surface area contributed by atoms with Crippen molar-refractivity contribution in [1.29, 1.82) is 0 Å². The molecule has 0 aromatic heterocycles. The first kappa shape index (κ1) is 48.2. The molecule has 0 radical (unpaired) electrons. The van der Waals surface area contributed by atoms with Crippen LogP contribution in [-0.2, 0) is 6.61 Å². The minimum atomic E-state index is 0.00996. The van der Waals surface area contributed by atoms with Gasteiger partial charge in [0.1, 0.15) is 5.75 Å². The number of allylic oxidation sites excluding steroid dienone is 4. The normalized spacial score (nSPS) is 11.4. The summed E-state index contributed by atoms with van der Waals surface area (Å²) in [7, 11) is 1.69. The highest BCUT2D eigenvalue weighted by Crippen LogP contribution is 2.40. The molecular weight excluding hydrogens is 901 g/mol. The van der Waals surface area contributed by atoms with Gasteiger partial charge in [-0.1, -0.05) is 195 Å². The Morgan fingerprint density at radius 3 is 0.973 bits per heavy atom. The predicted octanol–water partition coefficient (Wildman–Crippen LogP) is 18.1. The van der Waals surface area contributed by atoms with Gasteiger partial charge in [-0.25, -0.2) is 0 Å². The Hall–Kier alpha value is -9.48. The molecule has 0 bridgehead atoms. The van der Waals surface area contributed by atoms with Crippen molar-refractivity contribution in [3.63, 3.8) is 0 Å². The third kappa shape index (κ3) is 11.0. The van der Waals surface area contributed by atoms with Crippen molar-refractivity contribution in [3.05, 3.63) is 331 Å². The van der Waals surface area contributed by atoms with Crippen molar-refractivity contribution in [2.24, 2.45) is 0 Å². The van der Waals surface area contributed by atoms with Crippen LogP contribution < -0.4 is 14.5 Å². The van der Waals surface area contributed by atoms with Crippen LogP contribution in [0.3, 0.4) is 0 Å². The number of aliphatic hydroxyl groups excluding tert-OH is 1. The molecule has 10 rings (SSSR count). The molecule has 0 spiro atoms. The van der Waals surface area contributed by atoms with Crippen LogP contribution in [0.1, 0.15) is 38.9 Å². The van der Waals surface area contributed by atoms with Crippen molar-refractivity contribution >= 4 is 56.4 Å². The molecule has 0 aliphatic carbocycles. The number of methoxy groups -OCH3 is 1. The van der Waals surface area contributed by atoms with Crippen molar-refractivity contribution < 1.29 is 9.84 Å². The van der Waals surface area contributed by atoms with Gasteiger partial charge in [0.05, 0.1) is 13.7 Å². The molecule has 0 aliphatic heterocycles. The van der Waals surface area contributed by atoms with Crippen molar-refractivity contribution in [2.75, 3.05) is 16.9 Å². The molecule has 0 aliphatic rings. The van der Waals surface area contributed by atoms with Gasteiger partial charge >= 0.3 is 0 Å². The number of nitrogens with zero attached hydrogens (tertiary/aromatic N) is 2. The van der Waals surface area contributed by atoms with E-state index in [1.165, 1.54) is 0 Å². The van der Waals surface area contributed by atoms with Crippen LogP contribution in [-0.4, -0.2) is 12.2 Å². The van der Waals surface area contributed by atoms with E-state index in [-0.39, 0.29) is 6.61 Å². The van der Waals surface area contributed by atoms with Crippen LogP contribution in [0.2, 0.25) is 0 Å². The largest absolute Gasteiger partial charge is 0.497 e. The van der Waals surface area contributed by atoms with Crippen LogP contribution in [0, 0.1) is 0 Å². The number of anilines is 6.